The zero-order chi connectivity index (χ0) is 10.3. The van der Waals surface area contributed by atoms with Crippen molar-refractivity contribution in [2.24, 2.45) is 0 Å². The predicted octanol–water partition coefficient (Wildman–Crippen LogP) is 2.87. The average molecular weight is 198 g/mol. The minimum absolute atomic E-state index is 1.02. The van der Waals surface area contributed by atoms with E-state index < -0.39 is 0 Å². The summed E-state index contributed by atoms with van der Waals surface area (Å²) in [6.45, 7) is 2.03. The summed E-state index contributed by atoms with van der Waals surface area (Å²) in [5.41, 5.74) is 5.22. The first-order valence-electron chi connectivity index (χ1n) is 5.48. The van der Waals surface area contributed by atoms with E-state index in [1.54, 1.807) is 0 Å². The van der Waals surface area contributed by atoms with Gasteiger partial charge in [-0.3, -0.25) is 0 Å². The summed E-state index contributed by atoms with van der Waals surface area (Å²) in [4.78, 5) is 7.96. The third-order valence-electron chi connectivity index (χ3n) is 3.04. The molecule has 15 heavy (non-hydrogen) atoms. The summed E-state index contributed by atoms with van der Waals surface area (Å²) < 4.78 is 0. The van der Waals surface area contributed by atoms with Crippen molar-refractivity contribution in [3.8, 4) is 11.3 Å². The first-order chi connectivity index (χ1) is 7.34. The van der Waals surface area contributed by atoms with E-state index in [9.17, 15) is 0 Å². The molecule has 2 heteroatoms. The van der Waals surface area contributed by atoms with Crippen molar-refractivity contribution in [2.45, 2.75) is 26.2 Å². The molecule has 0 saturated heterocycles. The Morgan fingerprint density at radius 3 is 3.00 bits per heavy atom. The highest BCUT2D eigenvalue weighted by atomic mass is 14.9. The Kier molecular flexibility index (Phi) is 1.88. The first-order valence-corrected chi connectivity index (χ1v) is 5.48. The summed E-state index contributed by atoms with van der Waals surface area (Å²) >= 11 is 0. The Balaban J connectivity index is 2.26. The van der Waals surface area contributed by atoms with E-state index in [1.165, 1.54) is 35.4 Å². The van der Waals surface area contributed by atoms with Crippen LogP contribution < -0.4 is 0 Å². The van der Waals surface area contributed by atoms with Crippen molar-refractivity contribution >= 4 is 0 Å². The molecule has 0 atom stereocenters. The lowest BCUT2D eigenvalue weighted by Crippen LogP contribution is -1.87. The Hall–Kier alpha value is -1.57. The molecular formula is C13H14N2. The summed E-state index contributed by atoms with van der Waals surface area (Å²) in [7, 11) is 0. The molecule has 0 spiro atoms. The van der Waals surface area contributed by atoms with E-state index in [2.05, 4.69) is 34.2 Å². The second-order valence-electron chi connectivity index (χ2n) is 4.16. The predicted molar refractivity (Wildman–Crippen MR) is 60.8 cm³/mol. The number of nitrogens with zero attached hydrogens (tertiary/aromatic N) is 1. The zero-order valence-electron chi connectivity index (χ0n) is 8.88. The maximum atomic E-state index is 4.60. The smallest absolute Gasteiger partial charge is 0.103 e. The molecule has 0 bridgehead atoms. The lowest BCUT2D eigenvalue weighted by molar-refractivity contribution is 0.815. The highest BCUT2D eigenvalue weighted by Gasteiger charge is 2.16. The molecule has 0 aliphatic heterocycles. The molecule has 2 nitrogen and oxygen atoms in total. The van der Waals surface area contributed by atoms with Gasteiger partial charge in [0.05, 0.1) is 5.69 Å². The number of fused-ring (bicyclic) bond motifs is 3. The lowest BCUT2D eigenvalue weighted by atomic mass is 10.0. The number of hydrogen-bond acceptors (Lipinski definition) is 1. The van der Waals surface area contributed by atoms with Gasteiger partial charge in [-0.25, -0.2) is 4.98 Å². The van der Waals surface area contributed by atoms with Gasteiger partial charge >= 0.3 is 0 Å². The normalized spacial score (nSPS) is 14.2. The molecular weight excluding hydrogens is 184 g/mol. The number of aromatic nitrogens is 2. The van der Waals surface area contributed by atoms with Gasteiger partial charge < -0.3 is 4.98 Å². The molecule has 1 aliphatic carbocycles. The molecule has 1 N–H and O–H groups in total. The van der Waals surface area contributed by atoms with Crippen molar-refractivity contribution in [1.82, 2.24) is 9.97 Å². The van der Waals surface area contributed by atoms with Gasteiger partial charge in [0, 0.05) is 11.3 Å². The molecule has 0 radical (unpaired) electrons. The SMILES string of the molecule is Cc1nc2c([nH]1)CCCc1ccccc1-2. The standard InChI is InChI=1S/C13H14N2/c1-9-14-12-8-4-6-10-5-2-3-7-11(10)13(12)15-9/h2-3,5,7H,4,6,8H2,1H3,(H,14,15). The van der Waals surface area contributed by atoms with Crippen LogP contribution in [-0.2, 0) is 12.8 Å². The van der Waals surface area contributed by atoms with Gasteiger partial charge in [-0.1, -0.05) is 24.3 Å². The van der Waals surface area contributed by atoms with Crippen LogP contribution in [0.1, 0.15) is 23.5 Å². The van der Waals surface area contributed by atoms with E-state index in [0.29, 0.717) is 0 Å². The average Bonchev–Trinajstić information content (AvgIpc) is 2.52. The minimum atomic E-state index is 1.02. The number of hydrogen-bond donors (Lipinski definition) is 1. The number of benzene rings is 1. The van der Waals surface area contributed by atoms with Gasteiger partial charge in [0.25, 0.3) is 0 Å². The molecule has 0 unspecified atom stereocenters. The van der Waals surface area contributed by atoms with Crippen LogP contribution in [-0.4, -0.2) is 9.97 Å². The Labute approximate surface area is 89.4 Å². The molecule has 1 aliphatic rings. The Morgan fingerprint density at radius 1 is 1.20 bits per heavy atom. The van der Waals surface area contributed by atoms with Gasteiger partial charge in [-0.2, -0.15) is 0 Å². The van der Waals surface area contributed by atoms with E-state index in [-0.39, 0.29) is 0 Å². The highest BCUT2D eigenvalue weighted by Crippen LogP contribution is 2.30. The summed E-state index contributed by atoms with van der Waals surface area (Å²) in [5, 5.41) is 0. The topological polar surface area (TPSA) is 28.7 Å². The van der Waals surface area contributed by atoms with Gasteiger partial charge in [0.2, 0.25) is 0 Å². The Bertz CT molecular complexity index is 497. The molecule has 1 aromatic carbocycles. The third-order valence-corrected chi connectivity index (χ3v) is 3.04. The van der Waals surface area contributed by atoms with Crippen LogP contribution in [0, 0.1) is 6.92 Å². The van der Waals surface area contributed by atoms with E-state index in [1.807, 2.05) is 6.92 Å². The third kappa shape index (κ3) is 1.37. The van der Waals surface area contributed by atoms with Crippen LogP contribution in [0.4, 0.5) is 0 Å². The summed E-state index contributed by atoms with van der Waals surface area (Å²) in [6, 6.07) is 8.61. The number of H-pyrrole nitrogens is 1. The second-order valence-corrected chi connectivity index (χ2v) is 4.16. The second kappa shape index (κ2) is 3.23. The highest BCUT2D eigenvalue weighted by molar-refractivity contribution is 5.67. The zero-order valence-corrected chi connectivity index (χ0v) is 8.88. The van der Waals surface area contributed by atoms with Gasteiger partial charge in [0.15, 0.2) is 0 Å². The van der Waals surface area contributed by atoms with Gasteiger partial charge in [-0.15, -0.1) is 0 Å². The van der Waals surface area contributed by atoms with Crippen LogP contribution in [0.3, 0.4) is 0 Å². The molecule has 1 aromatic heterocycles. The number of aromatic amines is 1. The summed E-state index contributed by atoms with van der Waals surface area (Å²) in [5.74, 6) is 1.02. The first kappa shape index (κ1) is 8.72. The van der Waals surface area contributed by atoms with Crippen molar-refractivity contribution in [2.75, 3.05) is 0 Å². The van der Waals surface area contributed by atoms with E-state index >= 15 is 0 Å². The number of aryl methyl sites for hydroxylation is 3. The maximum Gasteiger partial charge on any atom is 0.103 e. The Morgan fingerprint density at radius 2 is 2.07 bits per heavy atom. The maximum absolute atomic E-state index is 4.60. The quantitative estimate of drug-likeness (QED) is 0.692. The van der Waals surface area contributed by atoms with Crippen LogP contribution in [0.5, 0.6) is 0 Å². The van der Waals surface area contributed by atoms with Crippen molar-refractivity contribution in [3.63, 3.8) is 0 Å². The van der Waals surface area contributed by atoms with E-state index in [0.717, 1.165) is 12.2 Å². The number of imidazole rings is 1. The molecule has 1 heterocycles. The molecule has 0 fully saturated rings. The van der Waals surface area contributed by atoms with Crippen molar-refractivity contribution in [3.05, 3.63) is 41.3 Å². The number of nitrogens with one attached hydrogen (secondary N) is 1. The van der Waals surface area contributed by atoms with E-state index in [4.69, 9.17) is 0 Å². The fourth-order valence-corrected chi connectivity index (χ4v) is 2.37. The number of rotatable bonds is 0. The van der Waals surface area contributed by atoms with Gasteiger partial charge in [0.1, 0.15) is 5.82 Å². The molecule has 76 valence electrons. The summed E-state index contributed by atoms with van der Waals surface area (Å²) in [6.07, 6.45) is 3.50. The fourth-order valence-electron chi connectivity index (χ4n) is 2.37. The molecule has 0 saturated carbocycles. The van der Waals surface area contributed by atoms with Crippen molar-refractivity contribution in [1.29, 1.82) is 0 Å². The van der Waals surface area contributed by atoms with Crippen LogP contribution in [0.25, 0.3) is 11.3 Å². The fraction of sp³-hybridized carbons (Fsp3) is 0.308. The van der Waals surface area contributed by atoms with Crippen LogP contribution in [0.15, 0.2) is 24.3 Å². The van der Waals surface area contributed by atoms with Crippen LogP contribution >= 0.6 is 0 Å². The molecule has 3 rings (SSSR count). The minimum Gasteiger partial charge on any atom is -0.346 e. The largest absolute Gasteiger partial charge is 0.346 e. The molecule has 0 amide bonds. The monoisotopic (exact) mass is 198 g/mol. The van der Waals surface area contributed by atoms with Crippen LogP contribution in [0.2, 0.25) is 0 Å². The van der Waals surface area contributed by atoms with Gasteiger partial charge in [-0.05, 0) is 31.7 Å². The molecule has 2 aromatic rings. The lowest BCUT2D eigenvalue weighted by Gasteiger charge is -2.03. The van der Waals surface area contributed by atoms with Crippen molar-refractivity contribution < 1.29 is 0 Å².